The third kappa shape index (κ3) is 3.28. The molecule has 0 bridgehead atoms. The summed E-state index contributed by atoms with van der Waals surface area (Å²) in [5.41, 5.74) is -0.441. The molecule has 2 aromatic heterocycles. The molecule has 32 heavy (non-hydrogen) atoms. The minimum Gasteiger partial charge on any atom is -0.382 e. The van der Waals surface area contributed by atoms with E-state index in [1.165, 1.54) is 34.7 Å². The second kappa shape index (κ2) is 7.58. The van der Waals surface area contributed by atoms with E-state index < -0.39 is 22.7 Å². The Labute approximate surface area is 186 Å². The molecule has 0 amide bonds. The van der Waals surface area contributed by atoms with Gasteiger partial charge in [-0.25, -0.2) is 23.4 Å². The van der Waals surface area contributed by atoms with Crippen LogP contribution in [0.1, 0.15) is 29.0 Å². The molecule has 1 N–H and O–H groups in total. The molecular formula is C23H17F2N5OS. The van der Waals surface area contributed by atoms with Crippen molar-refractivity contribution in [2.75, 3.05) is 0 Å². The van der Waals surface area contributed by atoms with Crippen LogP contribution in [0.25, 0.3) is 11.3 Å². The molecule has 160 valence electrons. The van der Waals surface area contributed by atoms with E-state index in [9.17, 15) is 13.9 Å². The maximum atomic E-state index is 14.9. The van der Waals surface area contributed by atoms with E-state index in [1.807, 2.05) is 17.5 Å². The minimum absolute atomic E-state index is 0.00187. The van der Waals surface area contributed by atoms with Crippen LogP contribution in [0, 0.1) is 23.0 Å². The first-order valence-corrected chi connectivity index (χ1v) is 10.8. The summed E-state index contributed by atoms with van der Waals surface area (Å²) in [4.78, 5) is 8.69. The van der Waals surface area contributed by atoms with Crippen LogP contribution in [0.4, 0.5) is 8.78 Å². The number of benzene rings is 2. The molecule has 1 aliphatic carbocycles. The Morgan fingerprint density at radius 3 is 2.59 bits per heavy atom. The molecule has 4 aromatic rings. The normalized spacial score (nSPS) is 16.3. The molecular weight excluding hydrogens is 432 g/mol. The molecule has 0 saturated heterocycles. The topological polar surface area (TPSA) is 87.6 Å². The average molecular weight is 449 g/mol. The van der Waals surface area contributed by atoms with Crippen molar-refractivity contribution in [3.05, 3.63) is 88.3 Å². The molecule has 5 rings (SSSR count). The van der Waals surface area contributed by atoms with Gasteiger partial charge in [0.25, 0.3) is 0 Å². The first kappa shape index (κ1) is 20.4. The van der Waals surface area contributed by atoms with Crippen molar-refractivity contribution in [3.8, 4) is 17.3 Å². The van der Waals surface area contributed by atoms with Crippen LogP contribution in [-0.4, -0.2) is 24.9 Å². The zero-order chi connectivity index (χ0) is 22.3. The smallest absolute Gasteiger partial charge is 0.137 e. The fraction of sp³-hybridized carbons (Fsp3) is 0.217. The molecule has 2 heterocycles. The van der Waals surface area contributed by atoms with Crippen molar-refractivity contribution in [2.24, 2.45) is 0 Å². The van der Waals surface area contributed by atoms with Gasteiger partial charge in [-0.15, -0.1) is 11.3 Å². The Morgan fingerprint density at radius 1 is 1.19 bits per heavy atom. The van der Waals surface area contributed by atoms with E-state index >= 15 is 0 Å². The average Bonchev–Trinajstić information content (AvgIpc) is 3.19. The van der Waals surface area contributed by atoms with E-state index in [4.69, 9.17) is 10.2 Å². The predicted octanol–water partition coefficient (Wildman–Crippen LogP) is 4.17. The summed E-state index contributed by atoms with van der Waals surface area (Å²) < 4.78 is 30.0. The van der Waals surface area contributed by atoms with Gasteiger partial charge in [0, 0.05) is 22.6 Å². The second-order valence-corrected chi connectivity index (χ2v) is 8.74. The van der Waals surface area contributed by atoms with Crippen molar-refractivity contribution in [3.63, 3.8) is 0 Å². The van der Waals surface area contributed by atoms with Crippen molar-refractivity contribution in [2.45, 2.75) is 30.4 Å². The summed E-state index contributed by atoms with van der Waals surface area (Å²) in [6.45, 7) is -0.0542. The first-order valence-electron chi connectivity index (χ1n) is 9.92. The number of aliphatic hydroxyl groups is 1. The minimum atomic E-state index is -1.71. The van der Waals surface area contributed by atoms with Crippen LogP contribution in [0.5, 0.6) is 0 Å². The lowest BCUT2D eigenvalue weighted by molar-refractivity contribution is -0.0277. The van der Waals surface area contributed by atoms with Crippen LogP contribution in [-0.2, 0) is 17.6 Å². The zero-order valence-electron chi connectivity index (χ0n) is 16.7. The molecule has 0 unspecified atom stereocenters. The van der Waals surface area contributed by atoms with Crippen LogP contribution in [0.15, 0.2) is 60.5 Å². The molecule has 1 fully saturated rings. The highest BCUT2D eigenvalue weighted by Crippen LogP contribution is 2.61. The van der Waals surface area contributed by atoms with Crippen LogP contribution in [0.2, 0.25) is 0 Å². The standard InChI is InChI=1S/C23H17F2N5OS/c24-17-5-6-18(19(25)9-17)23(31,12-30-14-27-13-28-30)22(7-8-22)21-29-20(11-32-21)16-3-1-15(10-26)2-4-16/h1-6,9,11,13-14,31H,7-8,12H2/t23-/m0/s1. The highest BCUT2D eigenvalue weighted by molar-refractivity contribution is 7.10. The first-order chi connectivity index (χ1) is 15.4. The van der Waals surface area contributed by atoms with E-state index in [0.717, 1.165) is 17.7 Å². The van der Waals surface area contributed by atoms with E-state index in [-0.39, 0.29) is 12.1 Å². The molecule has 0 radical (unpaired) electrons. The van der Waals surface area contributed by atoms with E-state index in [0.29, 0.717) is 29.1 Å². The van der Waals surface area contributed by atoms with Gasteiger partial charge in [0.2, 0.25) is 0 Å². The molecule has 9 heteroatoms. The molecule has 0 spiro atoms. The van der Waals surface area contributed by atoms with Gasteiger partial charge in [0.1, 0.15) is 34.9 Å². The van der Waals surface area contributed by atoms with Crippen LogP contribution in [0.3, 0.4) is 0 Å². The largest absolute Gasteiger partial charge is 0.382 e. The Balaban J connectivity index is 1.58. The summed E-state index contributed by atoms with van der Waals surface area (Å²) in [5, 5.41) is 27.6. The number of hydrogen-bond donors (Lipinski definition) is 1. The highest BCUT2D eigenvalue weighted by Gasteiger charge is 2.63. The van der Waals surface area contributed by atoms with Crippen molar-refractivity contribution in [1.29, 1.82) is 5.26 Å². The maximum absolute atomic E-state index is 14.9. The van der Waals surface area contributed by atoms with Gasteiger partial charge in [-0.2, -0.15) is 10.4 Å². The predicted molar refractivity (Wildman–Crippen MR) is 113 cm³/mol. The number of thiazole rings is 1. The number of halogens is 2. The molecule has 1 saturated carbocycles. The van der Waals surface area contributed by atoms with Crippen molar-refractivity contribution >= 4 is 11.3 Å². The lowest BCUT2D eigenvalue weighted by atomic mass is 9.78. The van der Waals surface area contributed by atoms with Crippen LogP contribution < -0.4 is 0 Å². The third-order valence-corrected chi connectivity index (χ3v) is 7.05. The van der Waals surface area contributed by atoms with Crippen molar-refractivity contribution < 1.29 is 13.9 Å². The number of nitrogens with zero attached hydrogens (tertiary/aromatic N) is 5. The summed E-state index contributed by atoms with van der Waals surface area (Å²) in [5.74, 6) is -1.53. The SMILES string of the molecule is N#Cc1ccc(-c2csc(C3([C@](O)(Cn4cncn4)c4ccc(F)cc4F)CC3)n2)cc1. The van der Waals surface area contributed by atoms with Gasteiger partial charge < -0.3 is 5.11 Å². The lowest BCUT2D eigenvalue weighted by Gasteiger charge is -2.36. The second-order valence-electron chi connectivity index (χ2n) is 7.89. The van der Waals surface area contributed by atoms with Crippen molar-refractivity contribution in [1.82, 2.24) is 19.7 Å². The van der Waals surface area contributed by atoms with Gasteiger partial charge in [0.15, 0.2) is 0 Å². The monoisotopic (exact) mass is 449 g/mol. The van der Waals surface area contributed by atoms with E-state index in [1.54, 1.807) is 12.1 Å². The summed E-state index contributed by atoms with van der Waals surface area (Å²) in [6, 6.07) is 12.4. The van der Waals surface area contributed by atoms with E-state index in [2.05, 4.69) is 16.2 Å². The fourth-order valence-corrected chi connectivity index (χ4v) is 5.30. The Hall–Kier alpha value is -3.48. The molecule has 6 nitrogen and oxygen atoms in total. The zero-order valence-corrected chi connectivity index (χ0v) is 17.6. The van der Waals surface area contributed by atoms with Gasteiger partial charge in [0.05, 0.1) is 29.3 Å². The lowest BCUT2D eigenvalue weighted by Crippen LogP contribution is -2.44. The number of rotatable bonds is 6. The van der Waals surface area contributed by atoms with Gasteiger partial charge in [-0.05, 0) is 31.0 Å². The maximum Gasteiger partial charge on any atom is 0.137 e. The Morgan fingerprint density at radius 2 is 1.97 bits per heavy atom. The number of aromatic nitrogens is 4. The van der Waals surface area contributed by atoms with Gasteiger partial charge in [-0.1, -0.05) is 18.2 Å². The number of hydrogen-bond acceptors (Lipinski definition) is 6. The summed E-state index contributed by atoms with van der Waals surface area (Å²) in [7, 11) is 0. The summed E-state index contributed by atoms with van der Waals surface area (Å²) in [6.07, 6.45) is 3.98. The fourth-order valence-electron chi connectivity index (χ4n) is 4.14. The molecule has 1 atom stereocenters. The molecule has 2 aromatic carbocycles. The Bertz CT molecular complexity index is 1310. The molecule has 1 aliphatic rings. The van der Waals surface area contributed by atoms with Gasteiger partial charge in [-0.3, -0.25) is 0 Å². The Kier molecular flexibility index (Phi) is 4.84. The van der Waals surface area contributed by atoms with Gasteiger partial charge >= 0.3 is 0 Å². The summed E-state index contributed by atoms with van der Waals surface area (Å²) >= 11 is 1.39. The number of nitriles is 1. The van der Waals surface area contributed by atoms with Crippen LogP contribution >= 0.6 is 11.3 Å². The third-order valence-electron chi connectivity index (χ3n) is 6.00. The molecule has 0 aliphatic heterocycles. The quantitative estimate of drug-likeness (QED) is 0.477. The highest BCUT2D eigenvalue weighted by atomic mass is 32.1.